The van der Waals surface area contributed by atoms with E-state index in [2.05, 4.69) is 50.0 Å². The lowest BCUT2D eigenvalue weighted by Gasteiger charge is -2.10. The van der Waals surface area contributed by atoms with Crippen molar-refractivity contribution in [2.24, 2.45) is 0 Å². The predicted molar refractivity (Wildman–Crippen MR) is 115 cm³/mol. The maximum absolute atomic E-state index is 5.13. The van der Waals surface area contributed by atoms with Crippen LogP contribution in [0.25, 0.3) is 11.3 Å². The highest BCUT2D eigenvalue weighted by Crippen LogP contribution is 2.23. The summed E-state index contributed by atoms with van der Waals surface area (Å²) in [6.07, 6.45) is 2.00. The zero-order valence-corrected chi connectivity index (χ0v) is 16.3. The van der Waals surface area contributed by atoms with Crippen LogP contribution in [0.4, 0.5) is 17.6 Å². The van der Waals surface area contributed by atoms with E-state index >= 15 is 0 Å². The Morgan fingerprint density at radius 3 is 2.34 bits per heavy atom. The molecule has 0 spiro atoms. The van der Waals surface area contributed by atoms with Gasteiger partial charge in [-0.15, -0.1) is 0 Å². The topological polar surface area (TPSA) is 75.9 Å². The quantitative estimate of drug-likeness (QED) is 0.405. The van der Waals surface area contributed by atoms with Gasteiger partial charge in [-0.25, -0.2) is 4.98 Å². The number of benzene rings is 2. The van der Waals surface area contributed by atoms with Crippen LogP contribution in [0.5, 0.6) is 0 Å². The molecule has 0 atom stereocenters. The molecule has 4 aromatic rings. The number of nitrogens with zero attached hydrogens (tertiary/aromatic N) is 3. The molecule has 0 aliphatic heterocycles. The molecule has 2 aromatic carbocycles. The van der Waals surface area contributed by atoms with Crippen molar-refractivity contribution in [1.29, 1.82) is 0 Å². The van der Waals surface area contributed by atoms with Crippen LogP contribution in [0.1, 0.15) is 17.7 Å². The van der Waals surface area contributed by atoms with E-state index in [9.17, 15) is 0 Å². The van der Waals surface area contributed by atoms with Crippen molar-refractivity contribution < 1.29 is 4.52 Å². The Morgan fingerprint density at radius 2 is 1.62 bits per heavy atom. The first-order valence-electron chi connectivity index (χ1n) is 9.69. The van der Waals surface area contributed by atoms with Gasteiger partial charge >= 0.3 is 0 Å². The van der Waals surface area contributed by atoms with Crippen molar-refractivity contribution in [2.75, 3.05) is 17.2 Å². The highest BCUT2D eigenvalue weighted by Gasteiger charge is 2.09. The minimum absolute atomic E-state index is 0.585. The summed E-state index contributed by atoms with van der Waals surface area (Å²) in [5.41, 5.74) is 3.20. The molecule has 146 valence electrons. The Morgan fingerprint density at radius 1 is 0.862 bits per heavy atom. The number of aryl methyl sites for hydroxylation is 2. The number of rotatable bonds is 8. The third-order valence-corrected chi connectivity index (χ3v) is 4.45. The summed E-state index contributed by atoms with van der Waals surface area (Å²) in [6, 6.07) is 24.3. The van der Waals surface area contributed by atoms with Crippen LogP contribution in [0, 0.1) is 6.92 Å². The van der Waals surface area contributed by atoms with Crippen LogP contribution < -0.4 is 10.6 Å². The molecular formula is C23H23N5O. The molecule has 4 rings (SSSR count). The minimum atomic E-state index is 0.585. The molecule has 0 aliphatic rings. The van der Waals surface area contributed by atoms with Crippen molar-refractivity contribution in [1.82, 2.24) is 15.1 Å². The van der Waals surface area contributed by atoms with Crippen LogP contribution in [0.2, 0.25) is 0 Å². The van der Waals surface area contributed by atoms with Crippen LogP contribution in [0.15, 0.2) is 77.3 Å². The van der Waals surface area contributed by atoms with E-state index in [1.807, 2.05) is 55.5 Å². The highest BCUT2D eigenvalue weighted by molar-refractivity contribution is 5.66. The first kappa shape index (κ1) is 18.7. The van der Waals surface area contributed by atoms with E-state index in [4.69, 9.17) is 4.52 Å². The average molecular weight is 385 g/mol. The van der Waals surface area contributed by atoms with Crippen molar-refractivity contribution in [3.8, 4) is 11.3 Å². The van der Waals surface area contributed by atoms with E-state index in [1.54, 1.807) is 0 Å². The predicted octanol–water partition coefficient (Wildman–Crippen LogP) is 5.23. The third-order valence-electron chi connectivity index (χ3n) is 4.45. The Hall–Kier alpha value is -3.67. The van der Waals surface area contributed by atoms with Crippen molar-refractivity contribution >= 4 is 17.6 Å². The third kappa shape index (κ3) is 5.19. The summed E-state index contributed by atoms with van der Waals surface area (Å²) < 4.78 is 5.13. The summed E-state index contributed by atoms with van der Waals surface area (Å²) in [5.74, 6) is 2.61. The van der Waals surface area contributed by atoms with Gasteiger partial charge < -0.3 is 15.2 Å². The molecule has 0 fully saturated rings. The number of aromatic nitrogens is 3. The summed E-state index contributed by atoms with van der Waals surface area (Å²) >= 11 is 0. The van der Waals surface area contributed by atoms with E-state index in [-0.39, 0.29) is 0 Å². The smallest absolute Gasteiger partial charge is 0.225 e. The normalized spacial score (nSPS) is 10.7. The minimum Gasteiger partial charge on any atom is -0.360 e. The maximum atomic E-state index is 5.13. The zero-order valence-electron chi connectivity index (χ0n) is 16.3. The second-order valence-corrected chi connectivity index (χ2v) is 6.79. The van der Waals surface area contributed by atoms with Gasteiger partial charge in [0.15, 0.2) is 5.82 Å². The van der Waals surface area contributed by atoms with Crippen LogP contribution in [-0.4, -0.2) is 21.7 Å². The van der Waals surface area contributed by atoms with Crippen LogP contribution in [-0.2, 0) is 6.42 Å². The Labute approximate surface area is 170 Å². The Balaban J connectivity index is 1.49. The van der Waals surface area contributed by atoms with E-state index < -0.39 is 0 Å². The first-order valence-corrected chi connectivity index (χ1v) is 9.69. The van der Waals surface area contributed by atoms with Gasteiger partial charge in [0, 0.05) is 24.2 Å². The second-order valence-electron chi connectivity index (χ2n) is 6.79. The van der Waals surface area contributed by atoms with Gasteiger partial charge in [0.25, 0.3) is 0 Å². The zero-order chi connectivity index (χ0) is 19.9. The molecule has 6 heteroatoms. The highest BCUT2D eigenvalue weighted by atomic mass is 16.5. The second kappa shape index (κ2) is 9.01. The Kier molecular flexibility index (Phi) is 5.81. The molecule has 0 saturated heterocycles. The standard InChI is InChI=1S/C23H23N5O/c1-17-15-22(28-29-17)26-21-16-20(19-12-6-3-7-13-19)25-23(27-21)24-14-8-11-18-9-4-2-5-10-18/h2-7,9-10,12-13,15-16H,8,11,14H2,1H3,(H2,24,25,26,27,28). The van der Waals surface area contributed by atoms with Crippen molar-refractivity contribution in [3.63, 3.8) is 0 Å². The molecule has 0 unspecified atom stereocenters. The molecule has 0 bridgehead atoms. The van der Waals surface area contributed by atoms with Gasteiger partial charge in [-0.2, -0.15) is 4.98 Å². The molecule has 2 heterocycles. The molecule has 0 aliphatic carbocycles. The Bertz CT molecular complexity index is 1050. The monoisotopic (exact) mass is 385 g/mol. The average Bonchev–Trinajstić information content (AvgIpc) is 3.17. The van der Waals surface area contributed by atoms with E-state index in [0.717, 1.165) is 36.4 Å². The van der Waals surface area contributed by atoms with E-state index in [1.165, 1.54) is 5.56 Å². The number of nitrogens with one attached hydrogen (secondary N) is 2. The molecule has 29 heavy (non-hydrogen) atoms. The van der Waals surface area contributed by atoms with Crippen LogP contribution in [0.3, 0.4) is 0 Å². The molecule has 2 N–H and O–H groups in total. The summed E-state index contributed by atoms with van der Waals surface area (Å²) in [6.45, 7) is 2.64. The van der Waals surface area contributed by atoms with Gasteiger partial charge in [0.1, 0.15) is 11.6 Å². The fourth-order valence-corrected chi connectivity index (χ4v) is 3.04. The van der Waals surface area contributed by atoms with Crippen molar-refractivity contribution in [3.05, 3.63) is 84.1 Å². The SMILES string of the molecule is Cc1cc(Nc2cc(-c3ccccc3)nc(NCCCc3ccccc3)n2)no1. The van der Waals surface area contributed by atoms with Gasteiger partial charge in [0.2, 0.25) is 5.95 Å². The fraction of sp³-hybridized carbons (Fsp3) is 0.174. The van der Waals surface area contributed by atoms with E-state index in [0.29, 0.717) is 17.6 Å². The molecule has 2 aromatic heterocycles. The number of hydrogen-bond donors (Lipinski definition) is 2. The molecule has 0 amide bonds. The van der Waals surface area contributed by atoms with Gasteiger partial charge in [0.05, 0.1) is 5.69 Å². The lowest BCUT2D eigenvalue weighted by molar-refractivity contribution is 0.400. The number of anilines is 3. The lowest BCUT2D eigenvalue weighted by Crippen LogP contribution is -2.08. The molecule has 6 nitrogen and oxygen atoms in total. The summed E-state index contributed by atoms with van der Waals surface area (Å²) in [4.78, 5) is 9.28. The maximum Gasteiger partial charge on any atom is 0.225 e. The van der Waals surface area contributed by atoms with Gasteiger partial charge in [-0.3, -0.25) is 0 Å². The largest absolute Gasteiger partial charge is 0.360 e. The van der Waals surface area contributed by atoms with Gasteiger partial charge in [-0.05, 0) is 25.3 Å². The molecular weight excluding hydrogens is 362 g/mol. The van der Waals surface area contributed by atoms with Crippen LogP contribution >= 0.6 is 0 Å². The molecule has 0 radical (unpaired) electrons. The number of hydrogen-bond acceptors (Lipinski definition) is 6. The van der Waals surface area contributed by atoms with Gasteiger partial charge in [-0.1, -0.05) is 65.8 Å². The first-order chi connectivity index (χ1) is 14.3. The summed E-state index contributed by atoms with van der Waals surface area (Å²) in [7, 11) is 0. The van der Waals surface area contributed by atoms with Crippen molar-refractivity contribution in [2.45, 2.75) is 19.8 Å². The lowest BCUT2D eigenvalue weighted by atomic mass is 10.1. The summed E-state index contributed by atoms with van der Waals surface area (Å²) in [5, 5.41) is 10.5. The molecule has 0 saturated carbocycles. The fourth-order valence-electron chi connectivity index (χ4n) is 3.04.